The van der Waals surface area contributed by atoms with Crippen molar-refractivity contribution >= 4 is 0 Å². The summed E-state index contributed by atoms with van der Waals surface area (Å²) in [5.74, 6) is 0. The summed E-state index contributed by atoms with van der Waals surface area (Å²) in [6.07, 6.45) is 0.876. The molecule has 2 rings (SSSR count). The number of halogens is 2. The molecule has 0 aliphatic carbocycles. The van der Waals surface area contributed by atoms with Crippen molar-refractivity contribution in [3.63, 3.8) is 0 Å². The van der Waals surface area contributed by atoms with E-state index in [0.29, 0.717) is 18.5 Å². The lowest BCUT2D eigenvalue weighted by Gasteiger charge is -2.37. The molecule has 2 aliphatic heterocycles. The van der Waals surface area contributed by atoms with Gasteiger partial charge in [-0.15, -0.1) is 0 Å². The van der Waals surface area contributed by atoms with Crippen LogP contribution < -0.4 is 0 Å². The van der Waals surface area contributed by atoms with Crippen LogP contribution in [-0.4, -0.2) is 23.5 Å². The van der Waals surface area contributed by atoms with Crippen molar-refractivity contribution in [3.05, 3.63) is 23.8 Å². The molecule has 0 N–H and O–H groups in total. The summed E-state index contributed by atoms with van der Waals surface area (Å²) >= 11 is 0. The van der Waals surface area contributed by atoms with Gasteiger partial charge in [-0.05, 0) is 24.7 Å². The molecule has 0 spiro atoms. The molecule has 2 aliphatic rings. The standard InChI is InChI=1S/C14H21F2N/c1-10-5-14(9-13(2,3)4)6-11(12(15)16)8-17(14)7-10/h1,5-9H2,2-4H3. The number of hydrogen-bond donors (Lipinski definition) is 0. The van der Waals surface area contributed by atoms with Crippen molar-refractivity contribution < 1.29 is 8.78 Å². The maximum absolute atomic E-state index is 12.8. The molecule has 3 heteroatoms. The minimum Gasteiger partial charge on any atom is -0.289 e. The number of nitrogens with zero attached hydrogens (tertiary/aromatic N) is 1. The van der Waals surface area contributed by atoms with Gasteiger partial charge in [-0.3, -0.25) is 4.90 Å². The fraction of sp³-hybridized carbons (Fsp3) is 0.714. The molecule has 0 amide bonds. The molecule has 0 radical (unpaired) electrons. The molecule has 0 aromatic heterocycles. The average molecular weight is 241 g/mol. The topological polar surface area (TPSA) is 3.24 Å². The molecule has 2 heterocycles. The highest BCUT2D eigenvalue weighted by molar-refractivity contribution is 5.28. The minimum absolute atomic E-state index is 0.0892. The van der Waals surface area contributed by atoms with Gasteiger partial charge in [-0.2, -0.15) is 8.78 Å². The third-order valence-corrected chi connectivity index (χ3v) is 3.72. The van der Waals surface area contributed by atoms with Gasteiger partial charge in [0.15, 0.2) is 0 Å². The number of rotatable bonds is 1. The van der Waals surface area contributed by atoms with Gasteiger partial charge >= 0.3 is 0 Å². The minimum atomic E-state index is -1.47. The molecule has 0 aromatic rings. The molecule has 1 atom stereocenters. The molecular formula is C14H21F2N. The Hall–Kier alpha value is -0.700. The Morgan fingerprint density at radius 3 is 2.47 bits per heavy atom. The van der Waals surface area contributed by atoms with E-state index in [9.17, 15) is 8.78 Å². The van der Waals surface area contributed by atoms with E-state index < -0.39 is 6.08 Å². The van der Waals surface area contributed by atoms with Crippen molar-refractivity contribution in [2.75, 3.05) is 13.1 Å². The van der Waals surface area contributed by atoms with E-state index in [4.69, 9.17) is 0 Å². The van der Waals surface area contributed by atoms with Crippen molar-refractivity contribution in [1.29, 1.82) is 0 Å². The molecule has 0 saturated carbocycles. The fourth-order valence-electron chi connectivity index (χ4n) is 3.50. The first-order chi connectivity index (χ1) is 7.72. The second-order valence-electron chi connectivity index (χ2n) is 6.79. The van der Waals surface area contributed by atoms with Crippen molar-refractivity contribution in [1.82, 2.24) is 4.90 Å². The lowest BCUT2D eigenvalue weighted by molar-refractivity contribution is 0.130. The highest BCUT2D eigenvalue weighted by atomic mass is 19.3. The molecule has 17 heavy (non-hydrogen) atoms. The maximum atomic E-state index is 12.8. The second-order valence-corrected chi connectivity index (χ2v) is 6.79. The smallest absolute Gasteiger partial charge is 0.270 e. The first-order valence-electron chi connectivity index (χ1n) is 6.17. The fourth-order valence-corrected chi connectivity index (χ4v) is 3.50. The van der Waals surface area contributed by atoms with E-state index >= 15 is 0 Å². The molecule has 0 aromatic carbocycles. The Morgan fingerprint density at radius 2 is 1.94 bits per heavy atom. The van der Waals surface area contributed by atoms with Crippen LogP contribution in [0.5, 0.6) is 0 Å². The molecule has 0 bridgehead atoms. The van der Waals surface area contributed by atoms with Gasteiger partial charge in [0.1, 0.15) is 0 Å². The Balaban J connectivity index is 2.28. The second kappa shape index (κ2) is 3.91. The number of hydrogen-bond acceptors (Lipinski definition) is 1. The van der Waals surface area contributed by atoms with Crippen LogP contribution in [0, 0.1) is 5.41 Å². The summed E-state index contributed by atoms with van der Waals surface area (Å²) in [5.41, 5.74) is 1.59. The van der Waals surface area contributed by atoms with Crippen LogP contribution in [0.1, 0.15) is 40.0 Å². The zero-order valence-electron chi connectivity index (χ0n) is 10.9. The zero-order chi connectivity index (χ0) is 12.8. The van der Waals surface area contributed by atoms with Gasteiger partial charge in [-0.25, -0.2) is 0 Å². The molecule has 1 nitrogen and oxygen atoms in total. The predicted octanol–water partition coefficient (Wildman–Crippen LogP) is 3.98. The van der Waals surface area contributed by atoms with Gasteiger partial charge in [0, 0.05) is 24.2 Å². The quantitative estimate of drug-likeness (QED) is 0.628. The van der Waals surface area contributed by atoms with Crippen LogP contribution >= 0.6 is 0 Å². The van der Waals surface area contributed by atoms with Gasteiger partial charge in [-0.1, -0.05) is 32.9 Å². The van der Waals surface area contributed by atoms with Gasteiger partial charge in [0.05, 0.1) is 0 Å². The summed E-state index contributed by atoms with van der Waals surface area (Å²) in [4.78, 5) is 2.20. The largest absolute Gasteiger partial charge is 0.289 e. The van der Waals surface area contributed by atoms with Crippen molar-refractivity contribution in [3.8, 4) is 0 Å². The number of fused-ring (bicyclic) bond motifs is 1. The van der Waals surface area contributed by atoms with E-state index in [1.54, 1.807) is 0 Å². The zero-order valence-corrected chi connectivity index (χ0v) is 10.9. The summed E-state index contributed by atoms with van der Waals surface area (Å²) < 4.78 is 25.6. The molecule has 96 valence electrons. The third-order valence-electron chi connectivity index (χ3n) is 3.72. The van der Waals surface area contributed by atoms with E-state index in [1.807, 2.05) is 0 Å². The highest BCUT2D eigenvalue weighted by Gasteiger charge is 2.50. The normalized spacial score (nSPS) is 29.9. The highest BCUT2D eigenvalue weighted by Crippen LogP contribution is 2.49. The Labute approximate surface area is 102 Å². The van der Waals surface area contributed by atoms with Crippen LogP contribution in [0.25, 0.3) is 0 Å². The maximum Gasteiger partial charge on any atom is 0.270 e. The summed E-state index contributed by atoms with van der Waals surface area (Å²) in [5, 5.41) is 0. The van der Waals surface area contributed by atoms with Crippen LogP contribution in [0.4, 0.5) is 8.78 Å². The van der Waals surface area contributed by atoms with Crippen molar-refractivity contribution in [2.24, 2.45) is 5.41 Å². The van der Waals surface area contributed by atoms with Crippen molar-refractivity contribution in [2.45, 2.75) is 45.6 Å². The van der Waals surface area contributed by atoms with E-state index in [0.717, 1.165) is 19.4 Å². The van der Waals surface area contributed by atoms with E-state index in [2.05, 4.69) is 32.3 Å². The molecule has 1 unspecified atom stereocenters. The van der Waals surface area contributed by atoms with Crippen LogP contribution in [-0.2, 0) is 0 Å². The van der Waals surface area contributed by atoms with Gasteiger partial charge in [0.25, 0.3) is 6.08 Å². The Kier molecular flexibility index (Phi) is 2.93. The Morgan fingerprint density at radius 1 is 1.29 bits per heavy atom. The summed E-state index contributed by atoms with van der Waals surface area (Å²) in [7, 11) is 0. The monoisotopic (exact) mass is 241 g/mol. The summed E-state index contributed by atoms with van der Waals surface area (Å²) in [6.45, 7) is 11.8. The first-order valence-corrected chi connectivity index (χ1v) is 6.17. The van der Waals surface area contributed by atoms with Gasteiger partial charge < -0.3 is 0 Å². The van der Waals surface area contributed by atoms with E-state index in [-0.39, 0.29) is 11.0 Å². The van der Waals surface area contributed by atoms with Crippen LogP contribution in [0.3, 0.4) is 0 Å². The molecule has 2 fully saturated rings. The van der Waals surface area contributed by atoms with Crippen LogP contribution in [0.15, 0.2) is 23.8 Å². The Bertz CT molecular complexity index is 374. The molecule has 2 saturated heterocycles. The third kappa shape index (κ3) is 2.44. The predicted molar refractivity (Wildman–Crippen MR) is 66.0 cm³/mol. The van der Waals surface area contributed by atoms with E-state index in [1.165, 1.54) is 5.57 Å². The molecular weight excluding hydrogens is 220 g/mol. The lowest BCUT2D eigenvalue weighted by atomic mass is 9.76. The SMILES string of the molecule is C=C1CN2CC(=C(F)F)CC2(CC(C)(C)C)C1. The lowest BCUT2D eigenvalue weighted by Crippen LogP contribution is -2.41. The average Bonchev–Trinajstić information content (AvgIpc) is 2.52. The van der Waals surface area contributed by atoms with Gasteiger partial charge in [0.2, 0.25) is 0 Å². The first kappa shape index (κ1) is 12.7. The van der Waals surface area contributed by atoms with Crippen LogP contribution in [0.2, 0.25) is 0 Å². The summed E-state index contributed by atoms with van der Waals surface area (Å²) in [6, 6.07) is 0.